The van der Waals surface area contributed by atoms with E-state index in [9.17, 15) is 4.79 Å². The molecule has 1 aliphatic rings. The van der Waals surface area contributed by atoms with Gasteiger partial charge in [0.25, 0.3) is 0 Å². The highest BCUT2D eigenvalue weighted by atomic mass is 16.5. The molecule has 0 saturated carbocycles. The number of methoxy groups -OCH3 is 1. The van der Waals surface area contributed by atoms with Crippen LogP contribution in [-0.4, -0.2) is 45.9 Å². The quantitative estimate of drug-likeness (QED) is 0.623. The Morgan fingerprint density at radius 3 is 2.47 bits per heavy atom. The first-order chi connectivity index (χ1) is 14.7. The standard InChI is InChI=1S/C24H28N4O2/c1-3-27(24(29)30-2)18-22-21-17-26(16-19-10-6-4-7-11-19)15-14-23(21)28(25-22)20-12-8-5-9-13-20/h4-13H,3,14-18H2,1-2H3. The molecule has 0 bridgehead atoms. The summed E-state index contributed by atoms with van der Waals surface area (Å²) in [6.07, 6.45) is 0.603. The SMILES string of the molecule is CCN(Cc1nn(-c2ccccc2)c2c1CN(Cc1ccccc1)CC2)C(=O)OC. The van der Waals surface area contributed by atoms with E-state index in [1.54, 1.807) is 4.90 Å². The van der Waals surface area contributed by atoms with Crippen molar-refractivity contribution in [3.05, 3.63) is 83.2 Å². The molecule has 1 aliphatic heterocycles. The number of hydrogen-bond acceptors (Lipinski definition) is 4. The summed E-state index contributed by atoms with van der Waals surface area (Å²) in [7, 11) is 1.42. The van der Waals surface area contributed by atoms with E-state index in [1.165, 1.54) is 23.9 Å². The fourth-order valence-electron chi connectivity index (χ4n) is 4.04. The molecule has 2 heterocycles. The van der Waals surface area contributed by atoms with Gasteiger partial charge in [0, 0.05) is 38.2 Å². The molecule has 4 rings (SSSR count). The number of aromatic nitrogens is 2. The van der Waals surface area contributed by atoms with Crippen molar-refractivity contribution < 1.29 is 9.53 Å². The number of fused-ring (bicyclic) bond motifs is 1. The summed E-state index contributed by atoms with van der Waals surface area (Å²) in [6.45, 7) is 5.70. The molecule has 0 atom stereocenters. The number of benzene rings is 2. The molecule has 2 aromatic carbocycles. The number of para-hydroxylation sites is 1. The molecule has 6 nitrogen and oxygen atoms in total. The first-order valence-corrected chi connectivity index (χ1v) is 10.4. The Morgan fingerprint density at radius 2 is 1.80 bits per heavy atom. The molecule has 0 spiro atoms. The van der Waals surface area contributed by atoms with E-state index in [4.69, 9.17) is 9.84 Å². The summed E-state index contributed by atoms with van der Waals surface area (Å²) < 4.78 is 7.00. The number of carbonyl (C=O) groups excluding carboxylic acids is 1. The van der Waals surface area contributed by atoms with Crippen molar-refractivity contribution in [3.63, 3.8) is 0 Å². The normalized spacial score (nSPS) is 13.7. The molecular weight excluding hydrogens is 376 g/mol. The zero-order valence-electron chi connectivity index (χ0n) is 17.6. The maximum atomic E-state index is 12.2. The van der Waals surface area contributed by atoms with Gasteiger partial charge in [0.05, 0.1) is 30.7 Å². The number of carbonyl (C=O) groups is 1. The van der Waals surface area contributed by atoms with Gasteiger partial charge in [-0.25, -0.2) is 9.48 Å². The van der Waals surface area contributed by atoms with E-state index in [0.717, 1.165) is 37.4 Å². The van der Waals surface area contributed by atoms with Crippen LogP contribution < -0.4 is 0 Å². The van der Waals surface area contributed by atoms with Crippen molar-refractivity contribution in [3.8, 4) is 5.69 Å². The zero-order valence-corrected chi connectivity index (χ0v) is 17.6. The van der Waals surface area contributed by atoms with E-state index in [0.29, 0.717) is 13.1 Å². The average Bonchev–Trinajstić information content (AvgIpc) is 3.16. The second-order valence-corrected chi connectivity index (χ2v) is 7.55. The Kier molecular flexibility index (Phi) is 6.14. The van der Waals surface area contributed by atoms with Crippen LogP contribution in [0.25, 0.3) is 5.69 Å². The van der Waals surface area contributed by atoms with Crippen LogP contribution in [0.4, 0.5) is 4.79 Å². The Bertz CT molecular complexity index is 985. The van der Waals surface area contributed by atoms with E-state index in [-0.39, 0.29) is 6.09 Å². The predicted molar refractivity (Wildman–Crippen MR) is 116 cm³/mol. The third kappa shape index (κ3) is 4.24. The molecule has 0 saturated heterocycles. The Labute approximate surface area is 177 Å². The van der Waals surface area contributed by atoms with E-state index in [2.05, 4.69) is 46.0 Å². The minimum absolute atomic E-state index is 0.322. The van der Waals surface area contributed by atoms with Gasteiger partial charge in [-0.3, -0.25) is 4.90 Å². The van der Waals surface area contributed by atoms with Gasteiger partial charge >= 0.3 is 6.09 Å². The largest absolute Gasteiger partial charge is 0.453 e. The van der Waals surface area contributed by atoms with Crippen LogP contribution in [0.1, 0.15) is 29.4 Å². The Hall–Kier alpha value is -3.12. The highest BCUT2D eigenvalue weighted by Crippen LogP contribution is 2.27. The van der Waals surface area contributed by atoms with Crippen LogP contribution in [0.3, 0.4) is 0 Å². The van der Waals surface area contributed by atoms with Gasteiger partial charge in [-0.1, -0.05) is 48.5 Å². The third-order valence-electron chi connectivity index (χ3n) is 5.62. The van der Waals surface area contributed by atoms with Crippen molar-refractivity contribution in [1.29, 1.82) is 0 Å². The molecule has 1 aromatic heterocycles. The van der Waals surface area contributed by atoms with Crippen LogP contribution in [-0.2, 0) is 30.8 Å². The molecule has 0 N–H and O–H groups in total. The summed E-state index contributed by atoms with van der Waals surface area (Å²) in [6, 6.07) is 20.8. The Morgan fingerprint density at radius 1 is 1.10 bits per heavy atom. The lowest BCUT2D eigenvalue weighted by atomic mass is 10.0. The van der Waals surface area contributed by atoms with Crippen molar-refractivity contribution >= 4 is 6.09 Å². The Balaban J connectivity index is 1.66. The minimum atomic E-state index is -0.322. The number of ether oxygens (including phenoxy) is 1. The lowest BCUT2D eigenvalue weighted by Gasteiger charge is -2.28. The van der Waals surface area contributed by atoms with Gasteiger partial charge in [0.2, 0.25) is 0 Å². The van der Waals surface area contributed by atoms with Crippen molar-refractivity contribution in [2.24, 2.45) is 0 Å². The van der Waals surface area contributed by atoms with Crippen LogP contribution in [0.2, 0.25) is 0 Å². The third-order valence-corrected chi connectivity index (χ3v) is 5.62. The first-order valence-electron chi connectivity index (χ1n) is 10.4. The molecule has 0 fully saturated rings. The van der Waals surface area contributed by atoms with Gasteiger partial charge in [0.15, 0.2) is 0 Å². The van der Waals surface area contributed by atoms with Crippen LogP contribution in [0, 0.1) is 0 Å². The van der Waals surface area contributed by atoms with Crippen LogP contribution in [0.5, 0.6) is 0 Å². The molecule has 0 radical (unpaired) electrons. The van der Waals surface area contributed by atoms with Gasteiger partial charge in [-0.15, -0.1) is 0 Å². The van der Waals surface area contributed by atoms with E-state index >= 15 is 0 Å². The van der Waals surface area contributed by atoms with Gasteiger partial charge in [0.1, 0.15) is 0 Å². The van der Waals surface area contributed by atoms with Crippen molar-refractivity contribution in [2.45, 2.75) is 33.0 Å². The molecule has 3 aromatic rings. The molecular formula is C24H28N4O2. The molecule has 0 aliphatic carbocycles. The molecule has 0 unspecified atom stereocenters. The summed E-state index contributed by atoms with van der Waals surface area (Å²) >= 11 is 0. The van der Waals surface area contributed by atoms with E-state index in [1.807, 2.05) is 31.2 Å². The molecule has 156 valence electrons. The van der Waals surface area contributed by atoms with Crippen molar-refractivity contribution in [1.82, 2.24) is 19.6 Å². The van der Waals surface area contributed by atoms with Gasteiger partial charge in [-0.05, 0) is 24.6 Å². The topological polar surface area (TPSA) is 50.6 Å². The van der Waals surface area contributed by atoms with Gasteiger partial charge < -0.3 is 9.64 Å². The fraction of sp³-hybridized carbons (Fsp3) is 0.333. The smallest absolute Gasteiger partial charge is 0.409 e. The number of nitrogens with zero attached hydrogens (tertiary/aromatic N) is 4. The zero-order chi connectivity index (χ0) is 20.9. The summed E-state index contributed by atoms with van der Waals surface area (Å²) in [4.78, 5) is 16.3. The molecule has 1 amide bonds. The van der Waals surface area contributed by atoms with E-state index < -0.39 is 0 Å². The molecule has 6 heteroatoms. The second kappa shape index (κ2) is 9.13. The second-order valence-electron chi connectivity index (χ2n) is 7.55. The average molecular weight is 405 g/mol. The first kappa shape index (κ1) is 20.2. The monoisotopic (exact) mass is 404 g/mol. The number of amides is 1. The highest BCUT2D eigenvalue weighted by molar-refractivity contribution is 5.67. The number of hydrogen-bond donors (Lipinski definition) is 0. The van der Waals surface area contributed by atoms with Gasteiger partial charge in [-0.2, -0.15) is 5.10 Å². The predicted octanol–water partition coefficient (Wildman–Crippen LogP) is 4.02. The maximum Gasteiger partial charge on any atom is 0.409 e. The molecule has 30 heavy (non-hydrogen) atoms. The number of rotatable bonds is 6. The maximum absolute atomic E-state index is 12.2. The van der Waals surface area contributed by atoms with Crippen LogP contribution >= 0.6 is 0 Å². The summed E-state index contributed by atoms with van der Waals surface area (Å²) in [5, 5.41) is 4.95. The fourth-order valence-corrected chi connectivity index (χ4v) is 4.04. The van der Waals surface area contributed by atoms with Crippen molar-refractivity contribution in [2.75, 3.05) is 20.2 Å². The lowest BCUT2D eigenvalue weighted by Crippen LogP contribution is -2.33. The summed E-state index contributed by atoms with van der Waals surface area (Å²) in [5.74, 6) is 0. The summed E-state index contributed by atoms with van der Waals surface area (Å²) in [5.41, 5.74) is 5.77. The highest BCUT2D eigenvalue weighted by Gasteiger charge is 2.27. The minimum Gasteiger partial charge on any atom is -0.453 e. The van der Waals surface area contributed by atoms with Crippen LogP contribution in [0.15, 0.2) is 60.7 Å². The lowest BCUT2D eigenvalue weighted by molar-refractivity contribution is 0.122.